The van der Waals surface area contributed by atoms with Gasteiger partial charge in [-0.3, -0.25) is 0 Å². The fraction of sp³-hybridized carbons (Fsp3) is 0.533. The van der Waals surface area contributed by atoms with Crippen molar-refractivity contribution in [1.29, 1.82) is 0 Å². The number of hydrogen-bond acceptors (Lipinski definition) is 3. The van der Waals surface area contributed by atoms with Crippen LogP contribution in [-0.4, -0.2) is 55.0 Å². The minimum atomic E-state index is -4.72. The number of benzene rings is 1. The molecule has 1 aromatic rings. The summed E-state index contributed by atoms with van der Waals surface area (Å²) in [5, 5.41) is 3.76. The molecule has 1 aliphatic carbocycles. The number of halogens is 3. The lowest BCUT2D eigenvalue weighted by molar-refractivity contribution is -0.139. The SMILES string of the molecule is O=S(=O)(c1ccccc1C(F)(F)F)N1CCN(C(=S)NC2CC2)CC1. The van der Waals surface area contributed by atoms with E-state index in [1.165, 1.54) is 12.1 Å². The van der Waals surface area contributed by atoms with Crippen LogP contribution in [-0.2, 0) is 16.2 Å². The van der Waals surface area contributed by atoms with E-state index < -0.39 is 26.7 Å². The summed E-state index contributed by atoms with van der Waals surface area (Å²) < 4.78 is 65.8. The molecule has 1 heterocycles. The molecule has 2 aliphatic rings. The molecule has 138 valence electrons. The van der Waals surface area contributed by atoms with Gasteiger partial charge in [-0.15, -0.1) is 0 Å². The van der Waals surface area contributed by atoms with Gasteiger partial charge in [0.1, 0.15) is 0 Å². The molecule has 2 fully saturated rings. The topological polar surface area (TPSA) is 52.7 Å². The Hall–Kier alpha value is -1.39. The Labute approximate surface area is 149 Å². The molecule has 0 atom stereocenters. The molecule has 0 spiro atoms. The van der Waals surface area contributed by atoms with E-state index in [2.05, 4.69) is 5.32 Å². The average molecular weight is 393 g/mol. The third-order valence-electron chi connectivity index (χ3n) is 4.24. The van der Waals surface area contributed by atoms with E-state index in [9.17, 15) is 21.6 Å². The van der Waals surface area contributed by atoms with Gasteiger partial charge in [0.15, 0.2) is 5.11 Å². The molecule has 0 amide bonds. The van der Waals surface area contributed by atoms with Crippen molar-refractivity contribution in [1.82, 2.24) is 14.5 Å². The zero-order valence-electron chi connectivity index (χ0n) is 13.3. The molecule has 1 aromatic carbocycles. The first kappa shape index (κ1) is 18.4. The van der Waals surface area contributed by atoms with Gasteiger partial charge in [-0.25, -0.2) is 8.42 Å². The minimum absolute atomic E-state index is 0.0982. The number of nitrogens with zero attached hydrogens (tertiary/aromatic N) is 2. The van der Waals surface area contributed by atoms with Crippen LogP contribution in [0.25, 0.3) is 0 Å². The van der Waals surface area contributed by atoms with Crippen molar-refractivity contribution in [2.24, 2.45) is 0 Å². The summed E-state index contributed by atoms with van der Waals surface area (Å²) in [6.45, 7) is 0.903. The molecule has 10 heteroatoms. The molecule has 5 nitrogen and oxygen atoms in total. The predicted molar refractivity (Wildman–Crippen MR) is 90.5 cm³/mol. The summed E-state index contributed by atoms with van der Waals surface area (Å²) in [5.74, 6) is 0. The molecule has 0 unspecified atom stereocenters. The van der Waals surface area contributed by atoms with Crippen LogP contribution in [0, 0.1) is 0 Å². The van der Waals surface area contributed by atoms with E-state index in [0.29, 0.717) is 24.2 Å². The van der Waals surface area contributed by atoms with Gasteiger partial charge >= 0.3 is 6.18 Å². The molecule has 1 saturated heterocycles. The molecule has 25 heavy (non-hydrogen) atoms. The third kappa shape index (κ3) is 4.06. The quantitative estimate of drug-likeness (QED) is 0.797. The summed E-state index contributed by atoms with van der Waals surface area (Å²) in [6.07, 6.45) is -2.58. The van der Waals surface area contributed by atoms with Crippen LogP contribution < -0.4 is 5.32 Å². The highest BCUT2D eigenvalue weighted by atomic mass is 32.2. The van der Waals surface area contributed by atoms with Crippen LogP contribution in [0.2, 0.25) is 0 Å². The number of thiocarbonyl (C=S) groups is 1. The number of hydrogen-bond donors (Lipinski definition) is 1. The van der Waals surface area contributed by atoms with Gasteiger partial charge in [0.25, 0.3) is 0 Å². The number of rotatable bonds is 3. The zero-order chi connectivity index (χ0) is 18.2. The highest BCUT2D eigenvalue weighted by Gasteiger charge is 2.39. The largest absolute Gasteiger partial charge is 0.417 e. The van der Waals surface area contributed by atoms with Gasteiger partial charge in [0.2, 0.25) is 10.0 Å². The lowest BCUT2D eigenvalue weighted by Gasteiger charge is -2.35. The average Bonchev–Trinajstić information content (AvgIpc) is 3.38. The van der Waals surface area contributed by atoms with Gasteiger partial charge in [-0.1, -0.05) is 12.1 Å². The first-order valence-corrected chi connectivity index (χ1v) is 9.76. The van der Waals surface area contributed by atoms with Crippen molar-refractivity contribution in [3.05, 3.63) is 29.8 Å². The van der Waals surface area contributed by atoms with Crippen molar-refractivity contribution in [2.45, 2.75) is 30.0 Å². The fourth-order valence-corrected chi connectivity index (χ4v) is 4.67. The highest BCUT2D eigenvalue weighted by molar-refractivity contribution is 7.89. The first-order valence-electron chi connectivity index (χ1n) is 7.91. The Morgan fingerprint density at radius 1 is 1.12 bits per heavy atom. The van der Waals surface area contributed by atoms with E-state index in [1.54, 1.807) is 0 Å². The van der Waals surface area contributed by atoms with Crippen molar-refractivity contribution >= 4 is 27.4 Å². The summed E-state index contributed by atoms with van der Waals surface area (Å²) in [6, 6.07) is 4.67. The van der Waals surface area contributed by atoms with Crippen LogP contribution in [0.1, 0.15) is 18.4 Å². The first-order chi connectivity index (χ1) is 11.7. The maximum Gasteiger partial charge on any atom is 0.417 e. The van der Waals surface area contributed by atoms with E-state index >= 15 is 0 Å². The summed E-state index contributed by atoms with van der Waals surface area (Å²) in [5.41, 5.74) is -1.14. The van der Waals surface area contributed by atoms with E-state index in [4.69, 9.17) is 12.2 Å². The van der Waals surface area contributed by atoms with Gasteiger partial charge in [-0.05, 0) is 37.2 Å². The van der Waals surface area contributed by atoms with Crippen LogP contribution >= 0.6 is 12.2 Å². The standard InChI is InChI=1S/C15H18F3N3O2S2/c16-15(17,18)12-3-1-2-4-13(12)25(22,23)21-9-7-20(8-10-21)14(24)19-11-5-6-11/h1-4,11H,5-10H2,(H,19,24). The lowest BCUT2D eigenvalue weighted by atomic mass is 10.2. The monoisotopic (exact) mass is 393 g/mol. The van der Waals surface area contributed by atoms with Crippen molar-refractivity contribution < 1.29 is 21.6 Å². The number of nitrogens with one attached hydrogen (secondary N) is 1. The van der Waals surface area contributed by atoms with Gasteiger partial charge < -0.3 is 10.2 Å². The Kier molecular flexibility index (Phi) is 4.95. The predicted octanol–water partition coefficient (Wildman–Crippen LogP) is 2.05. The Morgan fingerprint density at radius 2 is 1.72 bits per heavy atom. The normalized spacial score (nSPS) is 19.7. The molecule has 0 bridgehead atoms. The Balaban J connectivity index is 1.73. The van der Waals surface area contributed by atoms with Gasteiger partial charge in [-0.2, -0.15) is 17.5 Å². The molecule has 0 aromatic heterocycles. The maximum absolute atomic E-state index is 13.1. The van der Waals surface area contributed by atoms with E-state index in [0.717, 1.165) is 29.3 Å². The minimum Gasteiger partial charge on any atom is -0.360 e. The Bertz CT molecular complexity index is 756. The highest BCUT2D eigenvalue weighted by Crippen LogP contribution is 2.35. The van der Waals surface area contributed by atoms with Gasteiger partial charge in [0.05, 0.1) is 10.5 Å². The Morgan fingerprint density at radius 3 is 2.28 bits per heavy atom. The third-order valence-corrected chi connectivity index (χ3v) is 6.57. The summed E-state index contributed by atoms with van der Waals surface area (Å²) in [4.78, 5) is 1.16. The summed E-state index contributed by atoms with van der Waals surface area (Å²) >= 11 is 5.28. The van der Waals surface area contributed by atoms with Crippen LogP contribution in [0.4, 0.5) is 13.2 Å². The van der Waals surface area contributed by atoms with Gasteiger partial charge in [0, 0.05) is 32.2 Å². The molecule has 1 N–H and O–H groups in total. The number of sulfonamides is 1. The molecule has 3 rings (SSSR count). The summed E-state index contributed by atoms with van der Waals surface area (Å²) in [7, 11) is -4.21. The fourth-order valence-electron chi connectivity index (χ4n) is 2.69. The molecular weight excluding hydrogens is 375 g/mol. The van der Waals surface area contributed by atoms with Crippen LogP contribution in [0.5, 0.6) is 0 Å². The number of piperazine rings is 1. The number of alkyl halides is 3. The van der Waals surface area contributed by atoms with Crippen LogP contribution in [0.15, 0.2) is 29.2 Å². The van der Waals surface area contributed by atoms with Crippen molar-refractivity contribution in [3.63, 3.8) is 0 Å². The second-order valence-electron chi connectivity index (χ2n) is 6.11. The smallest absolute Gasteiger partial charge is 0.360 e. The zero-order valence-corrected chi connectivity index (χ0v) is 14.9. The molecular formula is C15H18F3N3O2S2. The van der Waals surface area contributed by atoms with Crippen LogP contribution in [0.3, 0.4) is 0 Å². The van der Waals surface area contributed by atoms with E-state index in [-0.39, 0.29) is 13.1 Å². The molecule has 1 aliphatic heterocycles. The molecule has 1 saturated carbocycles. The molecule has 0 radical (unpaired) electrons. The van der Waals surface area contributed by atoms with Crippen molar-refractivity contribution in [2.75, 3.05) is 26.2 Å². The van der Waals surface area contributed by atoms with Crippen molar-refractivity contribution in [3.8, 4) is 0 Å². The maximum atomic E-state index is 13.1. The second-order valence-corrected chi connectivity index (χ2v) is 8.40. The lowest BCUT2D eigenvalue weighted by Crippen LogP contribution is -2.53. The second kappa shape index (κ2) is 6.73. The van der Waals surface area contributed by atoms with E-state index in [1.807, 2.05) is 4.90 Å².